The fourth-order valence-electron chi connectivity index (χ4n) is 2.36. The molecule has 0 radical (unpaired) electrons. The molecule has 0 saturated carbocycles. The Balaban J connectivity index is 1.99. The molecule has 2 N–H and O–H groups in total. The summed E-state index contributed by atoms with van der Waals surface area (Å²) in [6.45, 7) is 3.94. The minimum absolute atomic E-state index is 0.00267. The van der Waals surface area contributed by atoms with E-state index < -0.39 is 0 Å². The van der Waals surface area contributed by atoms with Crippen molar-refractivity contribution in [2.45, 2.75) is 26.7 Å². The quantitative estimate of drug-likeness (QED) is 0.870. The molecule has 1 aromatic rings. The first-order valence-corrected chi connectivity index (χ1v) is 6.92. The Kier molecular flexibility index (Phi) is 4.57. The normalized spacial score (nSPS) is 12.8. The summed E-state index contributed by atoms with van der Waals surface area (Å²) in [4.78, 5) is 35.8. The van der Waals surface area contributed by atoms with Crippen LogP contribution in [0.4, 0.5) is 11.4 Å². The van der Waals surface area contributed by atoms with E-state index in [-0.39, 0.29) is 24.1 Å². The Morgan fingerprint density at radius 1 is 1.24 bits per heavy atom. The third-order valence-electron chi connectivity index (χ3n) is 3.37. The first kappa shape index (κ1) is 15.0. The average molecular weight is 289 g/mol. The van der Waals surface area contributed by atoms with Crippen molar-refractivity contribution in [2.24, 2.45) is 0 Å². The van der Waals surface area contributed by atoms with Crippen molar-refractivity contribution in [3.63, 3.8) is 0 Å². The highest BCUT2D eigenvalue weighted by Gasteiger charge is 2.22. The summed E-state index contributed by atoms with van der Waals surface area (Å²) in [7, 11) is 0. The van der Waals surface area contributed by atoms with Gasteiger partial charge in [0, 0.05) is 44.7 Å². The van der Waals surface area contributed by atoms with Crippen molar-refractivity contribution < 1.29 is 14.4 Å². The number of amides is 3. The van der Waals surface area contributed by atoms with Crippen molar-refractivity contribution >= 4 is 29.1 Å². The average Bonchev–Trinajstić information content (AvgIpc) is 2.81. The summed E-state index contributed by atoms with van der Waals surface area (Å²) in [5, 5.41) is 5.35. The van der Waals surface area contributed by atoms with Gasteiger partial charge in [0.2, 0.25) is 17.7 Å². The number of nitrogens with one attached hydrogen (secondary N) is 2. The van der Waals surface area contributed by atoms with Crippen LogP contribution in [-0.4, -0.2) is 30.8 Å². The summed E-state index contributed by atoms with van der Waals surface area (Å²) in [5.74, 6) is -0.323. The van der Waals surface area contributed by atoms with Crippen LogP contribution in [-0.2, 0) is 20.8 Å². The number of anilines is 2. The molecule has 1 aliphatic heterocycles. The zero-order valence-electron chi connectivity index (χ0n) is 12.2. The van der Waals surface area contributed by atoms with Gasteiger partial charge in [-0.05, 0) is 24.1 Å². The molecule has 0 atom stereocenters. The fourth-order valence-corrected chi connectivity index (χ4v) is 2.36. The maximum Gasteiger partial charge on any atom is 0.226 e. The van der Waals surface area contributed by atoms with E-state index in [1.807, 2.05) is 18.2 Å². The van der Waals surface area contributed by atoms with Crippen molar-refractivity contribution in [3.05, 3.63) is 23.8 Å². The molecular formula is C15H19N3O3. The number of fused-ring (bicyclic) bond motifs is 1. The Morgan fingerprint density at radius 2 is 2.00 bits per heavy atom. The van der Waals surface area contributed by atoms with E-state index in [2.05, 4.69) is 10.6 Å². The molecular weight excluding hydrogens is 270 g/mol. The predicted molar refractivity (Wildman–Crippen MR) is 80.1 cm³/mol. The summed E-state index contributed by atoms with van der Waals surface area (Å²) in [6, 6.07) is 5.58. The van der Waals surface area contributed by atoms with Crippen LogP contribution in [0.15, 0.2) is 18.2 Å². The van der Waals surface area contributed by atoms with Crippen LogP contribution in [0, 0.1) is 0 Å². The van der Waals surface area contributed by atoms with Gasteiger partial charge in [0.05, 0.1) is 0 Å². The second-order valence-electron chi connectivity index (χ2n) is 5.05. The van der Waals surface area contributed by atoms with Crippen molar-refractivity contribution in [1.82, 2.24) is 5.32 Å². The highest BCUT2D eigenvalue weighted by Crippen LogP contribution is 2.30. The molecule has 2 rings (SSSR count). The molecule has 6 heteroatoms. The lowest BCUT2D eigenvalue weighted by atomic mass is 10.1. The van der Waals surface area contributed by atoms with Crippen molar-refractivity contribution in [1.29, 1.82) is 0 Å². The zero-order valence-corrected chi connectivity index (χ0v) is 12.2. The molecule has 1 heterocycles. The molecule has 6 nitrogen and oxygen atoms in total. The van der Waals surface area contributed by atoms with E-state index in [0.29, 0.717) is 18.8 Å². The van der Waals surface area contributed by atoms with E-state index in [9.17, 15) is 14.4 Å². The molecule has 0 unspecified atom stereocenters. The number of hydrogen-bond donors (Lipinski definition) is 2. The molecule has 0 saturated heterocycles. The summed E-state index contributed by atoms with van der Waals surface area (Å²) < 4.78 is 0. The third kappa shape index (κ3) is 3.81. The monoisotopic (exact) mass is 289 g/mol. The molecule has 0 aromatic heterocycles. The molecule has 1 aromatic carbocycles. The second-order valence-corrected chi connectivity index (χ2v) is 5.05. The van der Waals surface area contributed by atoms with Crippen LogP contribution in [0.25, 0.3) is 0 Å². The molecule has 0 fully saturated rings. The number of benzene rings is 1. The second kappa shape index (κ2) is 6.39. The molecule has 0 bridgehead atoms. The van der Waals surface area contributed by atoms with E-state index >= 15 is 0 Å². The molecule has 0 spiro atoms. The number of nitrogens with zero attached hydrogens (tertiary/aromatic N) is 1. The molecule has 3 amide bonds. The van der Waals surface area contributed by atoms with Gasteiger partial charge < -0.3 is 15.5 Å². The Bertz CT molecular complexity index is 584. The zero-order chi connectivity index (χ0) is 15.4. The van der Waals surface area contributed by atoms with Gasteiger partial charge in [-0.3, -0.25) is 14.4 Å². The number of carbonyl (C=O) groups excluding carboxylic acids is 3. The largest absolute Gasteiger partial charge is 0.356 e. The number of hydrogen-bond acceptors (Lipinski definition) is 3. The topological polar surface area (TPSA) is 78.5 Å². The van der Waals surface area contributed by atoms with E-state index in [1.165, 1.54) is 13.8 Å². The van der Waals surface area contributed by atoms with Gasteiger partial charge in [0.25, 0.3) is 0 Å². The lowest BCUT2D eigenvalue weighted by molar-refractivity contribution is -0.119. The van der Waals surface area contributed by atoms with Gasteiger partial charge >= 0.3 is 0 Å². The van der Waals surface area contributed by atoms with Gasteiger partial charge in [0.1, 0.15) is 0 Å². The van der Waals surface area contributed by atoms with E-state index in [1.54, 1.807) is 4.90 Å². The first-order valence-electron chi connectivity index (χ1n) is 6.92. The highest BCUT2D eigenvalue weighted by atomic mass is 16.2. The summed E-state index contributed by atoms with van der Waals surface area (Å²) >= 11 is 0. The van der Waals surface area contributed by atoms with Gasteiger partial charge in [-0.2, -0.15) is 0 Å². The van der Waals surface area contributed by atoms with Crippen LogP contribution in [0.2, 0.25) is 0 Å². The smallest absolute Gasteiger partial charge is 0.226 e. The van der Waals surface area contributed by atoms with Crippen LogP contribution in [0.1, 0.15) is 25.8 Å². The predicted octanol–water partition coefficient (Wildman–Crippen LogP) is 1.06. The Hall–Kier alpha value is -2.37. The maximum absolute atomic E-state index is 11.8. The van der Waals surface area contributed by atoms with Gasteiger partial charge in [-0.25, -0.2) is 0 Å². The molecule has 112 valence electrons. The van der Waals surface area contributed by atoms with Gasteiger partial charge in [-0.15, -0.1) is 0 Å². The third-order valence-corrected chi connectivity index (χ3v) is 3.37. The van der Waals surface area contributed by atoms with Crippen LogP contribution in [0.5, 0.6) is 0 Å². The van der Waals surface area contributed by atoms with Gasteiger partial charge in [-0.1, -0.05) is 6.07 Å². The molecule has 21 heavy (non-hydrogen) atoms. The minimum Gasteiger partial charge on any atom is -0.356 e. The fraction of sp³-hybridized carbons (Fsp3) is 0.400. The maximum atomic E-state index is 11.8. The summed E-state index contributed by atoms with van der Waals surface area (Å²) in [5.41, 5.74) is 2.64. The molecule has 0 aliphatic carbocycles. The minimum atomic E-state index is -0.170. The summed E-state index contributed by atoms with van der Waals surface area (Å²) in [6.07, 6.45) is 1.05. The highest BCUT2D eigenvalue weighted by molar-refractivity contribution is 5.96. The van der Waals surface area contributed by atoms with Crippen molar-refractivity contribution in [2.75, 3.05) is 23.3 Å². The van der Waals surface area contributed by atoms with Crippen molar-refractivity contribution in [3.8, 4) is 0 Å². The number of carbonyl (C=O) groups is 3. The lowest BCUT2D eigenvalue weighted by Crippen LogP contribution is -2.26. The van der Waals surface area contributed by atoms with Gasteiger partial charge in [0.15, 0.2) is 0 Å². The van der Waals surface area contributed by atoms with Crippen LogP contribution in [0.3, 0.4) is 0 Å². The number of rotatable bonds is 4. The Labute approximate surface area is 123 Å². The lowest BCUT2D eigenvalue weighted by Gasteiger charge is -2.15. The van der Waals surface area contributed by atoms with Crippen LogP contribution < -0.4 is 15.5 Å². The SMILES string of the molecule is CC(=O)NCCC(=O)Nc1ccc2c(c1)N(C(C)=O)CC2. The standard InChI is InChI=1S/C15H19N3O3/c1-10(19)16-7-5-15(21)17-13-4-3-12-6-8-18(11(2)20)14(12)9-13/h3-4,9H,5-8H2,1-2H3,(H,16,19)(H,17,21). The first-order chi connectivity index (χ1) is 9.97. The Morgan fingerprint density at radius 3 is 2.67 bits per heavy atom. The van der Waals surface area contributed by atoms with E-state index in [4.69, 9.17) is 0 Å². The van der Waals surface area contributed by atoms with E-state index in [0.717, 1.165) is 17.7 Å². The van der Waals surface area contributed by atoms with Crippen LogP contribution >= 0.6 is 0 Å². The molecule has 1 aliphatic rings.